The molecule has 1 N–H and O–H groups in total. The SMILES string of the molecule is COc1ccc(CCCNC(=O)c2ccc(-c3cccc4ccnn34)nc2)cc1. The van der Waals surface area contributed by atoms with E-state index in [1.165, 1.54) is 5.56 Å². The van der Waals surface area contributed by atoms with E-state index in [0.29, 0.717) is 12.1 Å². The van der Waals surface area contributed by atoms with Crippen LogP contribution in [0.2, 0.25) is 0 Å². The van der Waals surface area contributed by atoms with Crippen molar-refractivity contribution in [1.29, 1.82) is 0 Å². The molecule has 0 atom stereocenters. The van der Waals surface area contributed by atoms with Crippen LogP contribution in [-0.2, 0) is 6.42 Å². The van der Waals surface area contributed by atoms with Crippen LogP contribution < -0.4 is 10.1 Å². The van der Waals surface area contributed by atoms with Gasteiger partial charge in [0.2, 0.25) is 0 Å². The molecular formula is C23H22N4O2. The van der Waals surface area contributed by atoms with Gasteiger partial charge in [-0.2, -0.15) is 5.10 Å². The Labute approximate surface area is 169 Å². The molecule has 0 saturated carbocycles. The zero-order chi connectivity index (χ0) is 20.1. The van der Waals surface area contributed by atoms with Gasteiger partial charge in [0.25, 0.3) is 5.91 Å². The van der Waals surface area contributed by atoms with Gasteiger partial charge in [-0.1, -0.05) is 18.2 Å². The van der Waals surface area contributed by atoms with Gasteiger partial charge in [0, 0.05) is 12.7 Å². The fourth-order valence-electron chi connectivity index (χ4n) is 3.21. The number of hydrogen-bond acceptors (Lipinski definition) is 4. The standard InChI is InChI=1S/C23H22N4O2/c1-29-20-10-7-17(8-11-20)4-3-14-24-23(28)18-9-12-21(25-16-18)22-6-2-5-19-13-15-26-27(19)22/h2,5-13,15-16H,3-4,14H2,1H3,(H,24,28). The Kier molecular flexibility index (Phi) is 5.52. The van der Waals surface area contributed by atoms with Crippen molar-refractivity contribution >= 4 is 11.4 Å². The minimum atomic E-state index is -0.115. The van der Waals surface area contributed by atoms with Gasteiger partial charge in [0.15, 0.2) is 0 Å². The quantitative estimate of drug-likeness (QED) is 0.491. The number of aromatic nitrogens is 3. The highest BCUT2D eigenvalue weighted by Gasteiger charge is 2.09. The summed E-state index contributed by atoms with van der Waals surface area (Å²) in [6.45, 7) is 0.610. The largest absolute Gasteiger partial charge is 0.497 e. The van der Waals surface area contributed by atoms with Crippen molar-refractivity contribution in [3.05, 3.63) is 84.2 Å². The summed E-state index contributed by atoms with van der Waals surface area (Å²) in [5, 5.41) is 7.28. The number of carbonyl (C=O) groups excluding carboxylic acids is 1. The van der Waals surface area contributed by atoms with Gasteiger partial charge in [0.1, 0.15) is 5.75 Å². The molecule has 0 radical (unpaired) electrons. The number of amides is 1. The Morgan fingerprint density at radius 2 is 1.93 bits per heavy atom. The third kappa shape index (κ3) is 4.27. The smallest absolute Gasteiger partial charge is 0.252 e. The number of nitrogens with zero attached hydrogens (tertiary/aromatic N) is 3. The van der Waals surface area contributed by atoms with E-state index in [4.69, 9.17) is 4.74 Å². The number of ether oxygens (including phenoxy) is 1. The van der Waals surface area contributed by atoms with Gasteiger partial charge in [-0.25, -0.2) is 4.52 Å². The molecule has 29 heavy (non-hydrogen) atoms. The average molecular weight is 386 g/mol. The number of carbonyl (C=O) groups is 1. The van der Waals surface area contributed by atoms with Crippen molar-refractivity contribution in [2.24, 2.45) is 0 Å². The Morgan fingerprint density at radius 3 is 2.69 bits per heavy atom. The molecule has 0 bridgehead atoms. The Balaban J connectivity index is 1.33. The monoisotopic (exact) mass is 386 g/mol. The maximum Gasteiger partial charge on any atom is 0.252 e. The summed E-state index contributed by atoms with van der Waals surface area (Å²) in [5.41, 5.74) is 4.43. The lowest BCUT2D eigenvalue weighted by molar-refractivity contribution is 0.0953. The first kappa shape index (κ1) is 18.7. The van der Waals surface area contributed by atoms with E-state index in [-0.39, 0.29) is 5.91 Å². The van der Waals surface area contributed by atoms with Crippen LogP contribution in [-0.4, -0.2) is 34.2 Å². The Hall–Kier alpha value is -3.67. The average Bonchev–Trinajstić information content (AvgIpc) is 3.26. The molecule has 6 nitrogen and oxygen atoms in total. The minimum Gasteiger partial charge on any atom is -0.497 e. The predicted molar refractivity (Wildman–Crippen MR) is 112 cm³/mol. The molecule has 0 aliphatic carbocycles. The van der Waals surface area contributed by atoms with E-state index in [2.05, 4.69) is 15.4 Å². The third-order valence-electron chi connectivity index (χ3n) is 4.80. The van der Waals surface area contributed by atoms with Crippen LogP contribution in [0.4, 0.5) is 0 Å². The van der Waals surface area contributed by atoms with Gasteiger partial charge < -0.3 is 10.1 Å². The summed E-state index contributed by atoms with van der Waals surface area (Å²) in [6.07, 6.45) is 5.13. The fourth-order valence-corrected chi connectivity index (χ4v) is 3.21. The van der Waals surface area contributed by atoms with E-state index in [0.717, 1.165) is 35.5 Å². The molecule has 0 unspecified atom stereocenters. The normalized spacial score (nSPS) is 10.8. The summed E-state index contributed by atoms with van der Waals surface area (Å²) in [6, 6.07) is 19.5. The van der Waals surface area contributed by atoms with Crippen LogP contribution in [0.3, 0.4) is 0 Å². The van der Waals surface area contributed by atoms with E-state index in [1.54, 1.807) is 25.6 Å². The van der Waals surface area contributed by atoms with Crippen LogP contribution in [0.1, 0.15) is 22.3 Å². The lowest BCUT2D eigenvalue weighted by atomic mass is 10.1. The van der Waals surface area contributed by atoms with Gasteiger partial charge in [-0.3, -0.25) is 9.78 Å². The van der Waals surface area contributed by atoms with E-state index in [1.807, 2.05) is 59.1 Å². The first-order valence-corrected chi connectivity index (χ1v) is 9.55. The second kappa shape index (κ2) is 8.56. The molecule has 6 heteroatoms. The summed E-state index contributed by atoms with van der Waals surface area (Å²) in [5.74, 6) is 0.734. The topological polar surface area (TPSA) is 68.5 Å². The molecule has 0 fully saturated rings. The van der Waals surface area contributed by atoms with Crippen molar-refractivity contribution in [1.82, 2.24) is 19.9 Å². The first-order valence-electron chi connectivity index (χ1n) is 9.55. The highest BCUT2D eigenvalue weighted by atomic mass is 16.5. The summed E-state index contributed by atoms with van der Waals surface area (Å²) >= 11 is 0. The van der Waals surface area contributed by atoms with Crippen molar-refractivity contribution in [3.8, 4) is 17.1 Å². The first-order chi connectivity index (χ1) is 14.2. The number of benzene rings is 1. The molecule has 3 heterocycles. The number of aryl methyl sites for hydroxylation is 1. The van der Waals surface area contributed by atoms with Crippen LogP contribution in [0.25, 0.3) is 16.9 Å². The van der Waals surface area contributed by atoms with Crippen molar-refractivity contribution in [3.63, 3.8) is 0 Å². The number of hydrogen-bond donors (Lipinski definition) is 1. The molecule has 0 aliphatic rings. The van der Waals surface area contributed by atoms with E-state index < -0.39 is 0 Å². The molecule has 3 aromatic heterocycles. The molecule has 4 rings (SSSR count). The second-order valence-corrected chi connectivity index (χ2v) is 6.72. The molecule has 0 spiro atoms. The van der Waals surface area contributed by atoms with Gasteiger partial charge in [-0.15, -0.1) is 0 Å². The zero-order valence-corrected chi connectivity index (χ0v) is 16.2. The number of methoxy groups -OCH3 is 1. The molecule has 1 amide bonds. The molecule has 0 aliphatic heterocycles. The van der Waals surface area contributed by atoms with Crippen LogP contribution in [0, 0.1) is 0 Å². The summed E-state index contributed by atoms with van der Waals surface area (Å²) in [4.78, 5) is 16.8. The lowest BCUT2D eigenvalue weighted by Crippen LogP contribution is -2.24. The Morgan fingerprint density at radius 1 is 1.07 bits per heavy atom. The number of fused-ring (bicyclic) bond motifs is 1. The van der Waals surface area contributed by atoms with Gasteiger partial charge in [-0.05, 0) is 60.9 Å². The fraction of sp³-hybridized carbons (Fsp3) is 0.174. The predicted octanol–water partition coefficient (Wildman–Crippen LogP) is 3.77. The van der Waals surface area contributed by atoms with Crippen molar-refractivity contribution < 1.29 is 9.53 Å². The van der Waals surface area contributed by atoms with Crippen molar-refractivity contribution in [2.75, 3.05) is 13.7 Å². The molecule has 146 valence electrons. The lowest BCUT2D eigenvalue weighted by Gasteiger charge is -2.07. The molecule has 1 aromatic carbocycles. The maximum absolute atomic E-state index is 12.4. The molecular weight excluding hydrogens is 364 g/mol. The molecule has 0 saturated heterocycles. The Bertz CT molecular complexity index is 1100. The van der Waals surface area contributed by atoms with Crippen molar-refractivity contribution in [2.45, 2.75) is 12.8 Å². The number of pyridine rings is 2. The van der Waals surface area contributed by atoms with Crippen LogP contribution >= 0.6 is 0 Å². The number of rotatable bonds is 7. The summed E-state index contributed by atoms with van der Waals surface area (Å²) in [7, 11) is 1.66. The van der Waals surface area contributed by atoms with Gasteiger partial charge in [0.05, 0.1) is 35.8 Å². The maximum atomic E-state index is 12.4. The van der Waals surface area contributed by atoms with Crippen LogP contribution in [0.15, 0.2) is 73.1 Å². The zero-order valence-electron chi connectivity index (χ0n) is 16.2. The highest BCUT2D eigenvalue weighted by Crippen LogP contribution is 2.18. The minimum absolute atomic E-state index is 0.115. The second-order valence-electron chi connectivity index (χ2n) is 6.72. The van der Waals surface area contributed by atoms with Gasteiger partial charge >= 0.3 is 0 Å². The van der Waals surface area contributed by atoms with E-state index >= 15 is 0 Å². The van der Waals surface area contributed by atoms with E-state index in [9.17, 15) is 4.79 Å². The summed E-state index contributed by atoms with van der Waals surface area (Å²) < 4.78 is 7.00. The van der Waals surface area contributed by atoms with Crippen LogP contribution in [0.5, 0.6) is 5.75 Å². The molecule has 4 aromatic rings. The third-order valence-corrected chi connectivity index (χ3v) is 4.80. The highest BCUT2D eigenvalue weighted by molar-refractivity contribution is 5.94. The number of nitrogens with one attached hydrogen (secondary N) is 1.